The zero-order valence-electron chi connectivity index (χ0n) is 11.8. The van der Waals surface area contributed by atoms with Crippen molar-refractivity contribution in [1.82, 2.24) is 0 Å². The van der Waals surface area contributed by atoms with Gasteiger partial charge in [0.05, 0.1) is 12.0 Å². The Balaban J connectivity index is 2.06. The van der Waals surface area contributed by atoms with Gasteiger partial charge in [-0.2, -0.15) is 0 Å². The first kappa shape index (κ1) is 15.2. The minimum atomic E-state index is -3.17. The van der Waals surface area contributed by atoms with E-state index in [0.29, 0.717) is 17.2 Å². The second-order valence-electron chi connectivity index (χ2n) is 4.66. The van der Waals surface area contributed by atoms with Gasteiger partial charge in [0.15, 0.2) is 21.3 Å². The average molecular weight is 307 g/mol. The molecule has 0 aliphatic carbocycles. The Morgan fingerprint density at radius 2 is 1.81 bits per heavy atom. The molecule has 112 valence electrons. The van der Waals surface area contributed by atoms with Crippen molar-refractivity contribution in [3.63, 3.8) is 0 Å². The van der Waals surface area contributed by atoms with Crippen molar-refractivity contribution in [2.24, 2.45) is 0 Å². The number of anilines is 1. The summed E-state index contributed by atoms with van der Waals surface area (Å²) in [6.45, 7) is 0.537. The maximum atomic E-state index is 11.4. The van der Waals surface area contributed by atoms with E-state index in [1.165, 1.54) is 13.4 Å². The van der Waals surface area contributed by atoms with Gasteiger partial charge >= 0.3 is 0 Å². The molecular weight excluding hydrogens is 290 g/mol. The third-order valence-corrected chi connectivity index (χ3v) is 4.15. The Hall–Kier alpha value is -2.21. The van der Waals surface area contributed by atoms with E-state index in [9.17, 15) is 13.5 Å². The third kappa shape index (κ3) is 3.88. The van der Waals surface area contributed by atoms with E-state index in [4.69, 9.17) is 4.74 Å². The fourth-order valence-corrected chi connectivity index (χ4v) is 2.49. The largest absolute Gasteiger partial charge is 0.504 e. The van der Waals surface area contributed by atoms with Crippen LogP contribution in [0.3, 0.4) is 0 Å². The summed E-state index contributed by atoms with van der Waals surface area (Å²) >= 11 is 0. The Kier molecular flexibility index (Phi) is 4.37. The van der Waals surface area contributed by atoms with Crippen molar-refractivity contribution in [1.29, 1.82) is 0 Å². The molecule has 0 saturated heterocycles. The highest BCUT2D eigenvalue weighted by Gasteiger charge is 2.06. The lowest BCUT2D eigenvalue weighted by Crippen LogP contribution is -2.01. The molecule has 0 bridgehead atoms. The number of benzene rings is 2. The van der Waals surface area contributed by atoms with Gasteiger partial charge in [0.25, 0.3) is 0 Å². The molecule has 21 heavy (non-hydrogen) atoms. The topological polar surface area (TPSA) is 75.6 Å². The summed E-state index contributed by atoms with van der Waals surface area (Å²) in [6, 6.07) is 11.7. The summed E-state index contributed by atoms with van der Waals surface area (Å²) < 4.78 is 27.8. The first-order chi connectivity index (χ1) is 9.90. The number of phenols is 1. The lowest BCUT2D eigenvalue weighted by molar-refractivity contribution is 0.373. The van der Waals surface area contributed by atoms with Gasteiger partial charge < -0.3 is 15.2 Å². The van der Waals surface area contributed by atoms with Crippen LogP contribution in [0.5, 0.6) is 11.5 Å². The minimum Gasteiger partial charge on any atom is -0.504 e. The van der Waals surface area contributed by atoms with Crippen LogP contribution in [0.25, 0.3) is 0 Å². The Morgan fingerprint density at radius 3 is 2.38 bits per heavy atom. The fraction of sp³-hybridized carbons (Fsp3) is 0.200. The normalized spacial score (nSPS) is 11.1. The highest BCUT2D eigenvalue weighted by Crippen LogP contribution is 2.26. The predicted octanol–water partition coefficient (Wildman–Crippen LogP) is 2.42. The van der Waals surface area contributed by atoms with Crippen molar-refractivity contribution >= 4 is 15.5 Å². The van der Waals surface area contributed by atoms with Gasteiger partial charge in [0, 0.05) is 18.5 Å². The molecule has 0 heterocycles. The summed E-state index contributed by atoms with van der Waals surface area (Å²) in [4.78, 5) is 0.291. The first-order valence-corrected chi connectivity index (χ1v) is 8.19. The molecule has 0 atom stereocenters. The van der Waals surface area contributed by atoms with Crippen LogP contribution < -0.4 is 10.1 Å². The SMILES string of the molecule is COc1cc(CNc2ccc(S(C)(=O)=O)cc2)ccc1O. The molecule has 6 heteroatoms. The molecule has 0 fully saturated rings. The number of nitrogens with one attached hydrogen (secondary N) is 1. The molecule has 2 aromatic carbocycles. The number of rotatable bonds is 5. The summed E-state index contributed by atoms with van der Waals surface area (Å²) in [5, 5.41) is 12.7. The van der Waals surface area contributed by atoms with Crippen molar-refractivity contribution in [2.45, 2.75) is 11.4 Å². The molecule has 0 aliphatic rings. The number of ether oxygens (including phenoxy) is 1. The van der Waals surface area contributed by atoms with E-state index in [2.05, 4.69) is 5.32 Å². The summed E-state index contributed by atoms with van der Waals surface area (Å²) in [7, 11) is -1.68. The van der Waals surface area contributed by atoms with E-state index in [-0.39, 0.29) is 5.75 Å². The van der Waals surface area contributed by atoms with E-state index in [1.54, 1.807) is 42.5 Å². The highest BCUT2D eigenvalue weighted by molar-refractivity contribution is 7.90. The van der Waals surface area contributed by atoms with Crippen LogP contribution in [0.2, 0.25) is 0 Å². The van der Waals surface area contributed by atoms with Crippen LogP contribution in [0.15, 0.2) is 47.4 Å². The third-order valence-electron chi connectivity index (χ3n) is 3.02. The first-order valence-electron chi connectivity index (χ1n) is 6.30. The second-order valence-corrected chi connectivity index (χ2v) is 6.67. The maximum Gasteiger partial charge on any atom is 0.175 e. The molecule has 0 saturated carbocycles. The molecule has 5 nitrogen and oxygen atoms in total. The molecule has 0 amide bonds. The van der Waals surface area contributed by atoms with Gasteiger partial charge in [-0.1, -0.05) is 6.07 Å². The molecule has 0 unspecified atom stereocenters. The van der Waals surface area contributed by atoms with Gasteiger partial charge in [-0.25, -0.2) is 8.42 Å². The van der Waals surface area contributed by atoms with E-state index >= 15 is 0 Å². The zero-order chi connectivity index (χ0) is 15.5. The van der Waals surface area contributed by atoms with Gasteiger partial charge in [-0.05, 0) is 42.0 Å². The van der Waals surface area contributed by atoms with Crippen LogP contribution in [0, 0.1) is 0 Å². The number of aromatic hydroxyl groups is 1. The van der Waals surface area contributed by atoms with Crippen LogP contribution in [0.1, 0.15) is 5.56 Å². The second kappa shape index (κ2) is 6.05. The fourth-order valence-electron chi connectivity index (χ4n) is 1.86. The van der Waals surface area contributed by atoms with Crippen molar-refractivity contribution in [3.8, 4) is 11.5 Å². The standard InChI is InChI=1S/C15H17NO4S/c1-20-15-9-11(3-8-14(15)17)10-16-12-4-6-13(7-5-12)21(2,18)19/h3-9,16-17H,10H2,1-2H3. The minimum absolute atomic E-state index is 0.0961. The molecule has 2 N–H and O–H groups in total. The zero-order valence-corrected chi connectivity index (χ0v) is 12.6. The van der Waals surface area contributed by atoms with Gasteiger partial charge in [-0.3, -0.25) is 0 Å². The Morgan fingerprint density at radius 1 is 1.14 bits per heavy atom. The number of hydrogen-bond donors (Lipinski definition) is 2. The van der Waals surface area contributed by atoms with Crippen LogP contribution in [-0.4, -0.2) is 26.9 Å². The molecule has 2 aromatic rings. The maximum absolute atomic E-state index is 11.4. The predicted molar refractivity (Wildman–Crippen MR) is 81.5 cm³/mol. The number of hydrogen-bond acceptors (Lipinski definition) is 5. The molecular formula is C15H17NO4S. The number of sulfone groups is 1. The number of methoxy groups -OCH3 is 1. The molecule has 0 aliphatic heterocycles. The highest BCUT2D eigenvalue weighted by atomic mass is 32.2. The van der Waals surface area contributed by atoms with E-state index < -0.39 is 9.84 Å². The van der Waals surface area contributed by atoms with E-state index in [1.807, 2.05) is 0 Å². The smallest absolute Gasteiger partial charge is 0.175 e. The lowest BCUT2D eigenvalue weighted by atomic mass is 10.2. The van der Waals surface area contributed by atoms with Gasteiger partial charge in [-0.15, -0.1) is 0 Å². The van der Waals surface area contributed by atoms with Crippen molar-refractivity contribution in [2.75, 3.05) is 18.7 Å². The number of phenolic OH excluding ortho intramolecular Hbond substituents is 1. The lowest BCUT2D eigenvalue weighted by Gasteiger charge is -2.09. The summed E-state index contributed by atoms with van der Waals surface area (Å²) in [5.41, 5.74) is 1.76. The molecule has 0 spiro atoms. The average Bonchev–Trinajstić information content (AvgIpc) is 2.46. The van der Waals surface area contributed by atoms with Crippen LogP contribution >= 0.6 is 0 Å². The van der Waals surface area contributed by atoms with Gasteiger partial charge in [0.2, 0.25) is 0 Å². The van der Waals surface area contributed by atoms with Crippen molar-refractivity contribution < 1.29 is 18.3 Å². The Bertz CT molecular complexity index is 724. The van der Waals surface area contributed by atoms with Crippen LogP contribution in [0.4, 0.5) is 5.69 Å². The Labute approximate surface area is 124 Å². The molecule has 0 aromatic heterocycles. The molecule has 0 radical (unpaired) electrons. The van der Waals surface area contributed by atoms with Crippen molar-refractivity contribution in [3.05, 3.63) is 48.0 Å². The molecule has 2 rings (SSSR count). The van der Waals surface area contributed by atoms with E-state index in [0.717, 1.165) is 11.3 Å². The summed E-state index contributed by atoms with van der Waals surface area (Å²) in [6.07, 6.45) is 1.18. The van der Waals surface area contributed by atoms with Crippen LogP contribution in [-0.2, 0) is 16.4 Å². The summed E-state index contributed by atoms with van der Waals surface area (Å²) in [5.74, 6) is 0.514. The quantitative estimate of drug-likeness (QED) is 0.887. The van der Waals surface area contributed by atoms with Gasteiger partial charge in [0.1, 0.15) is 0 Å². The monoisotopic (exact) mass is 307 g/mol.